The first-order valence-electron chi connectivity index (χ1n) is 27.7. The SMILES string of the molecule is C=C(C)C(CC[C@](C)(O[C@@H]1O[C@H](CO[C@@H]2OC[C@H](O)[C@H](O)[C@H]2O)[C@@H](O)[C@H](O)[C@H]1O)[C@H]1CC[C@]2(C)[C@@H]1[C@H](O)C[C@@H]1[C@@]3(C)CC[C@H](O[C@@H]4O[C@H](CO[C@@H]5O[C@H](CO)[C@@H](O)[C@H](O)[C@H]5O)[C@@H](O)[C@H](O)[C@H]4O)C(C)(C)[C@@H]3[C@@H](O)C[C@]12C)OO. The molecule has 0 aromatic heterocycles. The molecule has 4 heterocycles. The number of rotatable bonds is 17. The Morgan fingerprint density at radius 3 is 1.76 bits per heavy atom. The largest absolute Gasteiger partial charge is 0.394 e. The van der Waals surface area contributed by atoms with E-state index >= 15 is 0 Å². The minimum atomic E-state index is -1.81. The van der Waals surface area contributed by atoms with Crippen LogP contribution >= 0.6 is 0 Å². The molecule has 0 radical (unpaired) electrons. The molecule has 25 nitrogen and oxygen atoms in total. The Labute approximate surface area is 454 Å². The second-order valence-electron chi connectivity index (χ2n) is 25.7. The Hall–Kier alpha value is -1.26. The lowest BCUT2D eigenvalue weighted by atomic mass is 9.34. The lowest BCUT2D eigenvalue weighted by Gasteiger charge is -2.71. The first kappa shape index (κ1) is 62.8. The van der Waals surface area contributed by atoms with Crippen molar-refractivity contribution in [3.8, 4) is 0 Å². The van der Waals surface area contributed by atoms with Gasteiger partial charge in [0.05, 0.1) is 50.3 Å². The molecule has 8 rings (SSSR count). The predicted octanol–water partition coefficient (Wildman–Crippen LogP) is -3.12. The molecule has 0 aromatic rings. The van der Waals surface area contributed by atoms with Crippen LogP contribution in [0, 0.1) is 45.3 Å². The molecule has 4 saturated carbocycles. The average Bonchev–Trinajstić information content (AvgIpc) is 2.77. The van der Waals surface area contributed by atoms with Crippen LogP contribution in [0.3, 0.4) is 0 Å². The average molecular weight is 1130 g/mol. The summed E-state index contributed by atoms with van der Waals surface area (Å²) in [6, 6.07) is 0. The van der Waals surface area contributed by atoms with Gasteiger partial charge in [0.2, 0.25) is 0 Å². The van der Waals surface area contributed by atoms with E-state index in [1.54, 1.807) is 6.92 Å². The van der Waals surface area contributed by atoms with Crippen molar-refractivity contribution in [2.75, 3.05) is 26.4 Å². The van der Waals surface area contributed by atoms with Crippen LogP contribution in [0.2, 0.25) is 0 Å². The second kappa shape index (κ2) is 23.7. The smallest absolute Gasteiger partial charge is 0.187 e. The van der Waals surface area contributed by atoms with E-state index in [1.807, 2.05) is 20.8 Å². The molecule has 4 aliphatic heterocycles. The van der Waals surface area contributed by atoms with Crippen LogP contribution in [0.1, 0.15) is 99.8 Å². The molecule has 452 valence electrons. The summed E-state index contributed by atoms with van der Waals surface area (Å²) in [6.07, 6.45) is -30.7. The molecule has 8 fully saturated rings. The first-order valence-corrected chi connectivity index (χ1v) is 27.7. The molecule has 8 aliphatic rings. The van der Waals surface area contributed by atoms with E-state index < -0.39 is 206 Å². The Balaban J connectivity index is 1.00. The fourth-order valence-corrected chi connectivity index (χ4v) is 16.2. The molecule has 0 spiro atoms. The fourth-order valence-electron chi connectivity index (χ4n) is 16.2. The van der Waals surface area contributed by atoms with Crippen molar-refractivity contribution in [2.45, 2.75) is 247 Å². The van der Waals surface area contributed by atoms with Gasteiger partial charge in [0.25, 0.3) is 0 Å². The Kier molecular flexibility index (Phi) is 19.0. The summed E-state index contributed by atoms with van der Waals surface area (Å²) in [5.41, 5.74) is -3.49. The quantitative estimate of drug-likeness (QED) is 0.0296. The summed E-state index contributed by atoms with van der Waals surface area (Å²) in [5, 5.41) is 174. The van der Waals surface area contributed by atoms with Gasteiger partial charge in [-0.05, 0) is 116 Å². The molecule has 0 amide bonds. The van der Waals surface area contributed by atoms with Gasteiger partial charge >= 0.3 is 0 Å². The van der Waals surface area contributed by atoms with Crippen LogP contribution in [0.4, 0.5) is 0 Å². The zero-order valence-electron chi connectivity index (χ0n) is 45.6. The van der Waals surface area contributed by atoms with E-state index in [0.29, 0.717) is 44.1 Å². The molecule has 16 N–H and O–H groups in total. The third kappa shape index (κ3) is 10.9. The van der Waals surface area contributed by atoms with Gasteiger partial charge in [0.1, 0.15) is 97.7 Å². The summed E-state index contributed by atoms with van der Waals surface area (Å²) >= 11 is 0. The van der Waals surface area contributed by atoms with Gasteiger partial charge in [0.15, 0.2) is 25.2 Å². The van der Waals surface area contributed by atoms with E-state index in [1.165, 1.54) is 0 Å². The maximum absolute atomic E-state index is 12.8. The highest BCUT2D eigenvalue weighted by Gasteiger charge is 2.74. The molecule has 78 heavy (non-hydrogen) atoms. The summed E-state index contributed by atoms with van der Waals surface area (Å²) in [4.78, 5) is 4.83. The van der Waals surface area contributed by atoms with Crippen molar-refractivity contribution in [1.29, 1.82) is 0 Å². The molecule has 4 saturated heterocycles. The number of aliphatic hydroxyl groups is 15. The number of aliphatic hydroxyl groups excluding tert-OH is 15. The van der Waals surface area contributed by atoms with Crippen molar-refractivity contribution in [1.82, 2.24) is 0 Å². The van der Waals surface area contributed by atoms with E-state index in [-0.39, 0.29) is 25.4 Å². The molecule has 0 aromatic carbocycles. The van der Waals surface area contributed by atoms with Crippen LogP contribution < -0.4 is 0 Å². The normalized spacial score (nSPS) is 52.6. The van der Waals surface area contributed by atoms with Gasteiger partial charge in [-0.1, -0.05) is 41.2 Å². The third-order valence-corrected chi connectivity index (χ3v) is 20.7. The second-order valence-corrected chi connectivity index (χ2v) is 25.7. The van der Waals surface area contributed by atoms with Gasteiger partial charge in [0, 0.05) is 0 Å². The summed E-state index contributed by atoms with van der Waals surface area (Å²) in [5.74, 6) is -1.55. The van der Waals surface area contributed by atoms with Crippen molar-refractivity contribution in [2.24, 2.45) is 45.3 Å². The predicted molar refractivity (Wildman–Crippen MR) is 264 cm³/mol. The van der Waals surface area contributed by atoms with E-state index in [9.17, 15) is 81.9 Å². The summed E-state index contributed by atoms with van der Waals surface area (Å²) in [7, 11) is 0. The summed E-state index contributed by atoms with van der Waals surface area (Å²) in [6.45, 7) is 15.8. The molecular formula is C53H90O25. The standard InChI is InChI=1S/C53H90O25/c1-21(2)26(78-69)10-14-53(8,77-48-43(68)39(64)36(61)29(75-48)19-71-45-40(65)33(58)25(57)18-70-45)22-9-13-51(6)32(22)23(55)15-30-50(5)12-11-31(49(3,4)44(50)24(56)16-52(30,51)7)76-47-42(67)38(63)35(60)28(74-47)20-72-46-41(66)37(62)34(59)27(17-54)73-46/h22-48,54-69H,1,9-20H2,2-8H3/t22-,23+,24-,25-,26?,27+,28+,29+,30+,31-,32-,33-,34+,35+,36+,37-,38-,39-,40+,41+,42+,43+,44-,45-,46+,47-,48-,50+,51+,52+,53-/m0/s1. The topological polar surface area (TPSA) is 407 Å². The highest BCUT2D eigenvalue weighted by atomic mass is 17.1. The molecule has 1 unspecified atom stereocenters. The Morgan fingerprint density at radius 1 is 0.628 bits per heavy atom. The number of hydrogen-bond donors (Lipinski definition) is 16. The number of fused-ring (bicyclic) bond motifs is 5. The van der Waals surface area contributed by atoms with Crippen LogP contribution in [-0.4, -0.2) is 255 Å². The molecular weight excluding hydrogens is 1040 g/mol. The minimum Gasteiger partial charge on any atom is -0.394 e. The van der Waals surface area contributed by atoms with Gasteiger partial charge in [-0.3, -0.25) is 5.26 Å². The molecule has 0 bridgehead atoms. The first-order chi connectivity index (χ1) is 36.4. The fraction of sp³-hybridized carbons (Fsp3) is 0.962. The van der Waals surface area contributed by atoms with Crippen LogP contribution in [0.5, 0.6) is 0 Å². The number of hydrogen-bond acceptors (Lipinski definition) is 25. The maximum Gasteiger partial charge on any atom is 0.187 e. The van der Waals surface area contributed by atoms with Crippen molar-refractivity contribution in [3.05, 3.63) is 12.2 Å². The highest BCUT2D eigenvalue weighted by molar-refractivity contribution is 5.22. The Morgan fingerprint density at radius 2 is 1.17 bits per heavy atom. The van der Waals surface area contributed by atoms with Gasteiger partial charge in [-0.2, -0.15) is 0 Å². The summed E-state index contributed by atoms with van der Waals surface area (Å²) < 4.78 is 47.8. The Bertz CT molecular complexity index is 2020. The maximum atomic E-state index is 12.8. The monoisotopic (exact) mass is 1130 g/mol. The van der Waals surface area contributed by atoms with Crippen molar-refractivity contribution in [3.63, 3.8) is 0 Å². The van der Waals surface area contributed by atoms with E-state index in [2.05, 4.69) is 27.4 Å². The lowest BCUT2D eigenvalue weighted by Crippen LogP contribution is -2.70. The highest BCUT2D eigenvalue weighted by Crippen LogP contribution is 2.76. The lowest BCUT2D eigenvalue weighted by molar-refractivity contribution is -0.351. The van der Waals surface area contributed by atoms with Crippen LogP contribution in [0.25, 0.3) is 0 Å². The third-order valence-electron chi connectivity index (χ3n) is 20.7. The van der Waals surface area contributed by atoms with Gasteiger partial charge in [-0.15, -0.1) is 0 Å². The number of ether oxygens (including phenoxy) is 8. The van der Waals surface area contributed by atoms with Gasteiger partial charge in [-0.25, -0.2) is 4.89 Å². The van der Waals surface area contributed by atoms with Crippen LogP contribution in [-0.2, 0) is 42.8 Å². The van der Waals surface area contributed by atoms with Crippen molar-refractivity contribution >= 4 is 0 Å². The molecule has 31 atom stereocenters. The zero-order valence-corrected chi connectivity index (χ0v) is 45.6. The van der Waals surface area contributed by atoms with Crippen LogP contribution in [0.15, 0.2) is 12.2 Å². The van der Waals surface area contributed by atoms with E-state index in [0.717, 1.165) is 0 Å². The zero-order chi connectivity index (χ0) is 57.5. The minimum absolute atomic E-state index is 0.156. The van der Waals surface area contributed by atoms with E-state index in [4.69, 9.17) is 42.8 Å². The molecule has 25 heteroatoms. The van der Waals surface area contributed by atoms with Gasteiger partial charge < -0.3 is 114 Å². The molecule has 4 aliphatic carbocycles. The van der Waals surface area contributed by atoms with Crippen molar-refractivity contribution < 1.29 is 125 Å².